The van der Waals surface area contributed by atoms with Crippen molar-refractivity contribution in [3.8, 4) is 0 Å². The standard InChI is InChI=1S/C18H22N2O2/c1-13-18(14(2)22-19-13)16-9-6-12-20(16)17(21)11-10-15-7-4-3-5-8-15/h3-5,7-8,16H,6,9-12H2,1-2H3/t16-/m0/s1. The largest absolute Gasteiger partial charge is 0.361 e. The fourth-order valence-electron chi connectivity index (χ4n) is 3.37. The number of rotatable bonds is 4. The van der Waals surface area contributed by atoms with Crippen molar-refractivity contribution < 1.29 is 9.32 Å². The molecule has 0 N–H and O–H groups in total. The number of amides is 1. The van der Waals surface area contributed by atoms with Gasteiger partial charge in [0.15, 0.2) is 0 Å². The normalized spacial score (nSPS) is 17.9. The van der Waals surface area contributed by atoms with Crippen LogP contribution in [0.3, 0.4) is 0 Å². The van der Waals surface area contributed by atoms with Gasteiger partial charge in [-0.05, 0) is 38.7 Å². The van der Waals surface area contributed by atoms with Crippen molar-refractivity contribution in [3.63, 3.8) is 0 Å². The van der Waals surface area contributed by atoms with Crippen LogP contribution in [0.2, 0.25) is 0 Å². The van der Waals surface area contributed by atoms with E-state index in [4.69, 9.17) is 4.52 Å². The molecule has 1 aromatic carbocycles. The lowest BCUT2D eigenvalue weighted by atomic mass is 10.0. The molecule has 4 heteroatoms. The van der Waals surface area contributed by atoms with E-state index in [2.05, 4.69) is 17.3 Å². The molecule has 0 bridgehead atoms. The zero-order valence-electron chi connectivity index (χ0n) is 13.2. The zero-order chi connectivity index (χ0) is 15.5. The Bertz CT molecular complexity index is 629. The van der Waals surface area contributed by atoms with Gasteiger partial charge in [0.2, 0.25) is 5.91 Å². The maximum absolute atomic E-state index is 12.6. The minimum Gasteiger partial charge on any atom is -0.361 e. The number of carbonyl (C=O) groups is 1. The summed E-state index contributed by atoms with van der Waals surface area (Å²) >= 11 is 0. The number of aromatic nitrogens is 1. The van der Waals surface area contributed by atoms with Crippen molar-refractivity contribution in [1.82, 2.24) is 10.1 Å². The van der Waals surface area contributed by atoms with Crippen molar-refractivity contribution in [2.45, 2.75) is 45.6 Å². The van der Waals surface area contributed by atoms with E-state index in [1.165, 1.54) is 5.56 Å². The number of likely N-dealkylation sites (tertiary alicyclic amines) is 1. The van der Waals surface area contributed by atoms with Gasteiger partial charge < -0.3 is 9.42 Å². The van der Waals surface area contributed by atoms with Crippen LogP contribution in [0.15, 0.2) is 34.9 Å². The summed E-state index contributed by atoms with van der Waals surface area (Å²) in [5.41, 5.74) is 3.22. The van der Waals surface area contributed by atoms with Gasteiger partial charge in [0.05, 0.1) is 11.7 Å². The van der Waals surface area contributed by atoms with E-state index in [0.717, 1.165) is 42.8 Å². The molecule has 1 aliphatic rings. The van der Waals surface area contributed by atoms with Gasteiger partial charge in [-0.25, -0.2) is 0 Å². The van der Waals surface area contributed by atoms with E-state index in [0.29, 0.717) is 6.42 Å². The summed E-state index contributed by atoms with van der Waals surface area (Å²) in [5.74, 6) is 1.07. The van der Waals surface area contributed by atoms with Crippen LogP contribution in [0, 0.1) is 13.8 Å². The van der Waals surface area contributed by atoms with Gasteiger partial charge in [-0.1, -0.05) is 35.5 Å². The summed E-state index contributed by atoms with van der Waals surface area (Å²) in [6.45, 7) is 4.72. The van der Waals surface area contributed by atoms with Crippen molar-refractivity contribution in [3.05, 3.63) is 52.9 Å². The molecule has 1 amide bonds. The molecule has 116 valence electrons. The third-order valence-electron chi connectivity index (χ3n) is 4.47. The van der Waals surface area contributed by atoms with E-state index in [1.807, 2.05) is 36.9 Å². The first-order chi connectivity index (χ1) is 10.7. The van der Waals surface area contributed by atoms with Gasteiger partial charge in [0.25, 0.3) is 0 Å². The fraction of sp³-hybridized carbons (Fsp3) is 0.444. The maximum atomic E-state index is 12.6. The van der Waals surface area contributed by atoms with E-state index < -0.39 is 0 Å². The molecule has 4 nitrogen and oxygen atoms in total. The Morgan fingerprint density at radius 3 is 2.77 bits per heavy atom. The first-order valence-electron chi connectivity index (χ1n) is 7.93. The quantitative estimate of drug-likeness (QED) is 0.866. The minimum absolute atomic E-state index is 0.134. The van der Waals surface area contributed by atoms with E-state index in [-0.39, 0.29) is 11.9 Å². The van der Waals surface area contributed by atoms with E-state index in [9.17, 15) is 4.79 Å². The lowest BCUT2D eigenvalue weighted by Crippen LogP contribution is -2.31. The molecule has 0 unspecified atom stereocenters. The number of carbonyl (C=O) groups excluding carboxylic acids is 1. The molecule has 3 rings (SSSR count). The van der Waals surface area contributed by atoms with Crippen LogP contribution in [0.5, 0.6) is 0 Å². The predicted octanol–water partition coefficient (Wildman–Crippen LogP) is 3.59. The highest BCUT2D eigenvalue weighted by atomic mass is 16.5. The van der Waals surface area contributed by atoms with Crippen LogP contribution in [0.25, 0.3) is 0 Å². The lowest BCUT2D eigenvalue weighted by Gasteiger charge is -2.25. The van der Waals surface area contributed by atoms with Crippen molar-refractivity contribution in [2.24, 2.45) is 0 Å². The SMILES string of the molecule is Cc1noc(C)c1[C@@H]1CCCN1C(=O)CCc1ccccc1. The second-order valence-corrected chi connectivity index (χ2v) is 5.97. The fourth-order valence-corrected chi connectivity index (χ4v) is 3.37. The highest BCUT2D eigenvalue weighted by molar-refractivity contribution is 5.77. The van der Waals surface area contributed by atoms with Crippen LogP contribution in [-0.4, -0.2) is 22.5 Å². The van der Waals surface area contributed by atoms with Gasteiger partial charge in [0.1, 0.15) is 5.76 Å². The summed E-state index contributed by atoms with van der Waals surface area (Å²) in [6, 6.07) is 10.3. The van der Waals surface area contributed by atoms with Crippen molar-refractivity contribution in [2.75, 3.05) is 6.54 Å². The molecule has 1 atom stereocenters. The number of hydrogen-bond acceptors (Lipinski definition) is 3. The second-order valence-electron chi connectivity index (χ2n) is 5.97. The highest BCUT2D eigenvalue weighted by Crippen LogP contribution is 2.35. The Morgan fingerprint density at radius 2 is 2.09 bits per heavy atom. The number of aryl methyl sites for hydroxylation is 3. The van der Waals surface area contributed by atoms with Crippen LogP contribution < -0.4 is 0 Å². The molecule has 22 heavy (non-hydrogen) atoms. The number of hydrogen-bond donors (Lipinski definition) is 0. The topological polar surface area (TPSA) is 46.3 Å². The minimum atomic E-state index is 0.134. The molecular formula is C18H22N2O2. The molecule has 0 radical (unpaired) electrons. The maximum Gasteiger partial charge on any atom is 0.223 e. The molecule has 0 saturated carbocycles. The van der Waals surface area contributed by atoms with Gasteiger partial charge in [-0.3, -0.25) is 4.79 Å². The Kier molecular flexibility index (Phi) is 4.27. The molecule has 1 aromatic heterocycles. The average Bonchev–Trinajstić information content (AvgIpc) is 3.12. The van der Waals surface area contributed by atoms with Crippen LogP contribution in [0.4, 0.5) is 0 Å². The number of nitrogens with zero attached hydrogens (tertiary/aromatic N) is 2. The summed E-state index contributed by atoms with van der Waals surface area (Å²) in [5, 5.41) is 4.04. The Morgan fingerprint density at radius 1 is 1.32 bits per heavy atom. The molecule has 1 fully saturated rings. The summed E-state index contributed by atoms with van der Waals surface area (Å²) in [6.07, 6.45) is 3.40. The van der Waals surface area contributed by atoms with Gasteiger partial charge in [-0.2, -0.15) is 0 Å². The molecule has 2 heterocycles. The molecule has 1 saturated heterocycles. The van der Waals surface area contributed by atoms with E-state index >= 15 is 0 Å². The smallest absolute Gasteiger partial charge is 0.223 e. The summed E-state index contributed by atoms with van der Waals surface area (Å²) in [7, 11) is 0. The lowest BCUT2D eigenvalue weighted by molar-refractivity contribution is -0.132. The van der Waals surface area contributed by atoms with Crippen LogP contribution in [-0.2, 0) is 11.2 Å². The molecule has 2 aromatic rings. The van der Waals surface area contributed by atoms with E-state index in [1.54, 1.807) is 0 Å². The summed E-state index contributed by atoms with van der Waals surface area (Å²) < 4.78 is 5.28. The first kappa shape index (κ1) is 14.8. The van der Waals surface area contributed by atoms with Crippen LogP contribution >= 0.6 is 0 Å². The Hall–Kier alpha value is -2.10. The van der Waals surface area contributed by atoms with Gasteiger partial charge >= 0.3 is 0 Å². The van der Waals surface area contributed by atoms with Crippen molar-refractivity contribution in [1.29, 1.82) is 0 Å². The molecule has 0 aliphatic carbocycles. The first-order valence-corrected chi connectivity index (χ1v) is 7.93. The molecule has 1 aliphatic heterocycles. The van der Waals surface area contributed by atoms with Gasteiger partial charge in [-0.15, -0.1) is 0 Å². The summed E-state index contributed by atoms with van der Waals surface area (Å²) in [4.78, 5) is 14.6. The third-order valence-corrected chi connectivity index (χ3v) is 4.47. The second kappa shape index (κ2) is 6.34. The Labute approximate surface area is 131 Å². The highest BCUT2D eigenvalue weighted by Gasteiger charge is 2.33. The monoisotopic (exact) mass is 298 g/mol. The van der Waals surface area contributed by atoms with Gasteiger partial charge in [0, 0.05) is 18.5 Å². The number of benzene rings is 1. The van der Waals surface area contributed by atoms with Crippen molar-refractivity contribution >= 4 is 5.91 Å². The molecule has 0 spiro atoms. The molecular weight excluding hydrogens is 276 g/mol. The van der Waals surface area contributed by atoms with Crippen LogP contribution in [0.1, 0.15) is 47.9 Å². The zero-order valence-corrected chi connectivity index (χ0v) is 13.2. The average molecular weight is 298 g/mol. The predicted molar refractivity (Wildman–Crippen MR) is 84.4 cm³/mol. The Balaban J connectivity index is 1.69. The third kappa shape index (κ3) is 2.91.